The Balaban J connectivity index is 2.50. The van der Waals surface area contributed by atoms with E-state index in [1.165, 1.54) is 12.8 Å². The van der Waals surface area contributed by atoms with Gasteiger partial charge in [-0.15, -0.1) is 0 Å². The Kier molecular flexibility index (Phi) is 6.12. The van der Waals surface area contributed by atoms with Crippen molar-refractivity contribution in [1.29, 1.82) is 0 Å². The summed E-state index contributed by atoms with van der Waals surface area (Å²) in [6.07, 6.45) is 4.48. The number of benzene rings is 1. The number of unbranched alkanes of at least 4 members (excludes halogenated alkanes) is 2. The van der Waals surface area contributed by atoms with Crippen LogP contribution in [0, 0.1) is 6.92 Å². The highest BCUT2D eigenvalue weighted by atomic mass is 16.2. The molecule has 0 unspecified atom stereocenters. The van der Waals surface area contributed by atoms with Gasteiger partial charge in [-0.3, -0.25) is 4.79 Å². The molecule has 1 amide bonds. The zero-order chi connectivity index (χ0) is 13.4. The third-order valence-electron chi connectivity index (χ3n) is 2.88. The average molecular weight is 246 g/mol. The van der Waals surface area contributed by atoms with Gasteiger partial charge in [0, 0.05) is 11.3 Å². The summed E-state index contributed by atoms with van der Waals surface area (Å²) in [5.41, 5.74) is 5.24. The maximum Gasteiger partial charge on any atom is 0.271 e. The lowest BCUT2D eigenvalue weighted by atomic mass is 10.1. The normalized spacial score (nSPS) is 11.4. The molecule has 0 radical (unpaired) electrons. The van der Waals surface area contributed by atoms with Crippen molar-refractivity contribution in [2.75, 3.05) is 0 Å². The van der Waals surface area contributed by atoms with E-state index in [1.807, 2.05) is 38.1 Å². The predicted octanol–water partition coefficient (Wildman–Crippen LogP) is 3.68. The second-order valence-electron chi connectivity index (χ2n) is 4.56. The van der Waals surface area contributed by atoms with Crippen molar-refractivity contribution >= 4 is 11.6 Å². The Hall–Kier alpha value is -1.64. The van der Waals surface area contributed by atoms with Crippen LogP contribution in [0.1, 0.15) is 55.5 Å². The molecule has 0 aliphatic heterocycles. The number of hydrogen-bond acceptors (Lipinski definition) is 2. The predicted molar refractivity (Wildman–Crippen MR) is 75.9 cm³/mol. The monoisotopic (exact) mass is 246 g/mol. The number of aryl methyl sites for hydroxylation is 1. The molecule has 0 heterocycles. The van der Waals surface area contributed by atoms with Crippen molar-refractivity contribution in [2.24, 2.45) is 5.10 Å². The molecule has 98 valence electrons. The van der Waals surface area contributed by atoms with Crippen LogP contribution in [0.25, 0.3) is 0 Å². The lowest BCUT2D eigenvalue weighted by Gasteiger charge is -2.05. The number of rotatable bonds is 6. The zero-order valence-electron chi connectivity index (χ0n) is 11.5. The molecule has 0 fully saturated rings. The highest BCUT2D eigenvalue weighted by Crippen LogP contribution is 2.06. The van der Waals surface area contributed by atoms with Crippen LogP contribution in [0.15, 0.2) is 29.4 Å². The summed E-state index contributed by atoms with van der Waals surface area (Å²) in [7, 11) is 0. The second-order valence-corrected chi connectivity index (χ2v) is 4.56. The Morgan fingerprint density at radius 1 is 1.28 bits per heavy atom. The van der Waals surface area contributed by atoms with Gasteiger partial charge in [0.25, 0.3) is 5.91 Å². The van der Waals surface area contributed by atoms with Gasteiger partial charge in [-0.25, -0.2) is 5.43 Å². The SMILES string of the molecule is CCCCC/C(C)=N/NC(=O)c1ccccc1C. The molecule has 1 aromatic carbocycles. The van der Waals surface area contributed by atoms with Crippen LogP contribution >= 0.6 is 0 Å². The summed E-state index contributed by atoms with van der Waals surface area (Å²) < 4.78 is 0. The van der Waals surface area contributed by atoms with Gasteiger partial charge in [0.15, 0.2) is 0 Å². The first-order valence-electron chi connectivity index (χ1n) is 6.54. The van der Waals surface area contributed by atoms with Crippen molar-refractivity contribution in [1.82, 2.24) is 5.43 Å². The minimum atomic E-state index is -0.136. The first kappa shape index (κ1) is 14.4. The topological polar surface area (TPSA) is 41.5 Å². The highest BCUT2D eigenvalue weighted by molar-refractivity contribution is 5.96. The number of hydrazone groups is 1. The molecule has 1 rings (SSSR count). The van der Waals surface area contributed by atoms with Gasteiger partial charge in [0.05, 0.1) is 0 Å². The third kappa shape index (κ3) is 4.70. The van der Waals surface area contributed by atoms with Crippen LogP contribution in [-0.2, 0) is 0 Å². The standard InChI is InChI=1S/C15H22N2O/c1-4-5-6-10-13(3)16-17-15(18)14-11-8-7-9-12(14)2/h7-9,11H,4-6,10H2,1-3H3,(H,17,18)/b16-13+. The molecule has 0 saturated heterocycles. The maximum atomic E-state index is 11.9. The van der Waals surface area contributed by atoms with Gasteiger partial charge in [-0.05, 0) is 38.3 Å². The van der Waals surface area contributed by atoms with Crippen LogP contribution in [0.2, 0.25) is 0 Å². The summed E-state index contributed by atoms with van der Waals surface area (Å²) in [6.45, 7) is 6.05. The number of carbonyl (C=O) groups is 1. The summed E-state index contributed by atoms with van der Waals surface area (Å²) in [4.78, 5) is 11.9. The van der Waals surface area contributed by atoms with Crippen molar-refractivity contribution in [2.45, 2.75) is 46.5 Å². The van der Waals surface area contributed by atoms with E-state index in [4.69, 9.17) is 0 Å². The van der Waals surface area contributed by atoms with Crippen molar-refractivity contribution in [3.63, 3.8) is 0 Å². The van der Waals surface area contributed by atoms with E-state index in [0.29, 0.717) is 5.56 Å². The first-order chi connectivity index (χ1) is 8.65. The van der Waals surface area contributed by atoms with Crippen LogP contribution in [-0.4, -0.2) is 11.6 Å². The van der Waals surface area contributed by atoms with Crippen LogP contribution in [0.4, 0.5) is 0 Å². The van der Waals surface area contributed by atoms with E-state index >= 15 is 0 Å². The average Bonchev–Trinajstić information content (AvgIpc) is 2.37. The Morgan fingerprint density at radius 2 is 2.00 bits per heavy atom. The summed E-state index contributed by atoms with van der Waals surface area (Å²) in [6, 6.07) is 7.52. The van der Waals surface area contributed by atoms with Gasteiger partial charge in [-0.1, -0.05) is 38.0 Å². The Labute approximate surface area is 109 Å². The summed E-state index contributed by atoms with van der Waals surface area (Å²) >= 11 is 0. The molecule has 1 aromatic rings. The molecule has 0 saturated carbocycles. The highest BCUT2D eigenvalue weighted by Gasteiger charge is 2.06. The van der Waals surface area contributed by atoms with Crippen molar-refractivity contribution in [3.8, 4) is 0 Å². The van der Waals surface area contributed by atoms with Gasteiger partial charge >= 0.3 is 0 Å². The van der Waals surface area contributed by atoms with Crippen LogP contribution in [0.5, 0.6) is 0 Å². The number of nitrogens with one attached hydrogen (secondary N) is 1. The maximum absolute atomic E-state index is 11.9. The van der Waals surface area contributed by atoms with Crippen LogP contribution in [0.3, 0.4) is 0 Å². The third-order valence-corrected chi connectivity index (χ3v) is 2.88. The molecule has 0 bridgehead atoms. The fourth-order valence-electron chi connectivity index (χ4n) is 1.72. The number of carbonyl (C=O) groups excluding carboxylic acids is 1. The number of nitrogens with zero attached hydrogens (tertiary/aromatic N) is 1. The molecule has 0 aliphatic carbocycles. The molecule has 18 heavy (non-hydrogen) atoms. The van der Waals surface area contributed by atoms with Crippen LogP contribution < -0.4 is 5.43 Å². The molecule has 0 spiro atoms. The lowest BCUT2D eigenvalue weighted by Crippen LogP contribution is -2.20. The Morgan fingerprint density at radius 3 is 2.67 bits per heavy atom. The number of hydrogen-bond donors (Lipinski definition) is 1. The first-order valence-corrected chi connectivity index (χ1v) is 6.54. The van der Waals surface area contributed by atoms with Crippen molar-refractivity contribution < 1.29 is 4.79 Å². The summed E-state index contributed by atoms with van der Waals surface area (Å²) in [5.74, 6) is -0.136. The van der Waals surface area contributed by atoms with E-state index in [1.54, 1.807) is 0 Å². The molecule has 1 N–H and O–H groups in total. The van der Waals surface area contributed by atoms with E-state index < -0.39 is 0 Å². The molecular weight excluding hydrogens is 224 g/mol. The molecule has 3 nitrogen and oxygen atoms in total. The Bertz CT molecular complexity index is 424. The smallest absolute Gasteiger partial charge is 0.267 e. The fraction of sp³-hybridized carbons (Fsp3) is 0.467. The molecule has 0 aliphatic rings. The summed E-state index contributed by atoms with van der Waals surface area (Å²) in [5, 5.41) is 4.13. The van der Waals surface area contributed by atoms with E-state index in [-0.39, 0.29) is 5.91 Å². The number of amides is 1. The molecular formula is C15H22N2O. The minimum Gasteiger partial charge on any atom is -0.267 e. The quantitative estimate of drug-likeness (QED) is 0.464. The minimum absolute atomic E-state index is 0.136. The molecule has 0 atom stereocenters. The van der Waals surface area contributed by atoms with Gasteiger partial charge in [0.1, 0.15) is 0 Å². The fourth-order valence-corrected chi connectivity index (χ4v) is 1.72. The van der Waals surface area contributed by atoms with Gasteiger partial charge < -0.3 is 0 Å². The second kappa shape index (κ2) is 7.64. The van der Waals surface area contributed by atoms with Gasteiger partial charge in [0.2, 0.25) is 0 Å². The van der Waals surface area contributed by atoms with Crippen molar-refractivity contribution in [3.05, 3.63) is 35.4 Å². The zero-order valence-corrected chi connectivity index (χ0v) is 11.5. The van der Waals surface area contributed by atoms with E-state index in [9.17, 15) is 4.79 Å². The van der Waals surface area contributed by atoms with E-state index in [2.05, 4.69) is 17.5 Å². The van der Waals surface area contributed by atoms with Gasteiger partial charge in [-0.2, -0.15) is 5.10 Å². The van der Waals surface area contributed by atoms with E-state index in [0.717, 1.165) is 24.1 Å². The molecule has 0 aromatic heterocycles. The lowest BCUT2D eigenvalue weighted by molar-refractivity contribution is 0.0954. The molecule has 3 heteroatoms. The largest absolute Gasteiger partial charge is 0.271 e.